The largest absolute Gasteiger partial charge is 0.486 e. The summed E-state index contributed by atoms with van der Waals surface area (Å²) in [6, 6.07) is 5.06. The van der Waals surface area contributed by atoms with Crippen LogP contribution in [0.4, 0.5) is 4.39 Å². The predicted molar refractivity (Wildman–Crippen MR) is 74.7 cm³/mol. The van der Waals surface area contributed by atoms with Gasteiger partial charge in [-0.05, 0) is 30.7 Å². The predicted octanol–water partition coefficient (Wildman–Crippen LogP) is 1.35. The zero-order valence-electron chi connectivity index (χ0n) is 11.7. The first-order chi connectivity index (χ1) is 9.81. The normalized spacial score (nSPS) is 11.6. The lowest BCUT2D eigenvalue weighted by Crippen LogP contribution is -2.14. The first-order valence-electron chi connectivity index (χ1n) is 6.28. The molecule has 6 nitrogen and oxygen atoms in total. The number of nitrogens with two attached hydrogens (primary N) is 1. The van der Waals surface area contributed by atoms with E-state index in [1.807, 2.05) is 13.0 Å². The van der Waals surface area contributed by atoms with Gasteiger partial charge in [0.15, 0.2) is 0 Å². The lowest BCUT2D eigenvalue weighted by molar-refractivity contribution is 0.286. The van der Waals surface area contributed by atoms with E-state index in [9.17, 15) is 12.8 Å². The molecule has 0 aliphatic heterocycles. The fourth-order valence-electron chi connectivity index (χ4n) is 1.85. The molecule has 0 spiro atoms. The lowest BCUT2D eigenvalue weighted by atomic mass is 10.3. The minimum atomic E-state index is -4.06. The van der Waals surface area contributed by atoms with Crippen molar-refractivity contribution in [3.05, 3.63) is 41.5 Å². The summed E-state index contributed by atoms with van der Waals surface area (Å²) in [7, 11) is -2.29. The summed E-state index contributed by atoms with van der Waals surface area (Å²) in [5, 5.41) is 9.32. The second kappa shape index (κ2) is 5.82. The van der Waals surface area contributed by atoms with E-state index in [0.29, 0.717) is 0 Å². The van der Waals surface area contributed by atoms with Gasteiger partial charge < -0.3 is 4.74 Å². The number of aryl methyl sites for hydroxylation is 2. The summed E-state index contributed by atoms with van der Waals surface area (Å²) in [6.45, 7) is 2.09. The molecule has 0 fully saturated rings. The van der Waals surface area contributed by atoms with Crippen molar-refractivity contribution in [1.29, 1.82) is 0 Å². The van der Waals surface area contributed by atoms with Crippen molar-refractivity contribution in [2.45, 2.75) is 24.8 Å². The molecule has 1 aromatic carbocycles. The summed E-state index contributed by atoms with van der Waals surface area (Å²) >= 11 is 0. The van der Waals surface area contributed by atoms with E-state index >= 15 is 0 Å². The van der Waals surface area contributed by atoms with Crippen LogP contribution < -0.4 is 9.88 Å². The number of benzene rings is 1. The highest BCUT2D eigenvalue weighted by atomic mass is 32.2. The Labute approximate surface area is 122 Å². The van der Waals surface area contributed by atoms with Crippen molar-refractivity contribution >= 4 is 10.0 Å². The number of sulfonamides is 1. The van der Waals surface area contributed by atoms with E-state index < -0.39 is 15.8 Å². The van der Waals surface area contributed by atoms with Crippen LogP contribution in [0, 0.1) is 5.82 Å². The van der Waals surface area contributed by atoms with Crippen LogP contribution in [0.5, 0.6) is 5.75 Å². The fourth-order valence-corrected chi connectivity index (χ4v) is 2.54. The molecule has 0 aliphatic carbocycles. The van der Waals surface area contributed by atoms with E-state index in [4.69, 9.17) is 9.88 Å². The second-order valence-corrected chi connectivity index (χ2v) is 6.06. The van der Waals surface area contributed by atoms with Gasteiger partial charge in [0.2, 0.25) is 10.0 Å². The van der Waals surface area contributed by atoms with Gasteiger partial charge in [0.05, 0.1) is 11.4 Å². The van der Waals surface area contributed by atoms with Crippen LogP contribution in [0.25, 0.3) is 0 Å². The number of nitrogens with zero attached hydrogens (tertiary/aromatic N) is 2. The van der Waals surface area contributed by atoms with Gasteiger partial charge in [0, 0.05) is 7.05 Å². The summed E-state index contributed by atoms with van der Waals surface area (Å²) < 4.78 is 43.2. The average Bonchev–Trinajstić information content (AvgIpc) is 2.77. The van der Waals surface area contributed by atoms with Crippen LogP contribution in [0.3, 0.4) is 0 Å². The Morgan fingerprint density at radius 2 is 2.10 bits per heavy atom. The number of halogens is 1. The molecule has 0 unspecified atom stereocenters. The third-order valence-electron chi connectivity index (χ3n) is 2.98. The number of primary sulfonamides is 1. The number of rotatable bonds is 5. The number of hydrogen-bond acceptors (Lipinski definition) is 4. The molecule has 1 heterocycles. The first kappa shape index (κ1) is 15.5. The maximum absolute atomic E-state index is 13.2. The lowest BCUT2D eigenvalue weighted by Gasteiger charge is -2.10. The van der Waals surface area contributed by atoms with E-state index in [0.717, 1.165) is 29.9 Å². The summed E-state index contributed by atoms with van der Waals surface area (Å²) in [5.41, 5.74) is 1.68. The number of aromatic nitrogens is 2. The molecule has 0 amide bonds. The van der Waals surface area contributed by atoms with Gasteiger partial charge in [-0.25, -0.2) is 17.9 Å². The molecule has 0 atom stereocenters. The fraction of sp³-hybridized carbons (Fsp3) is 0.308. The van der Waals surface area contributed by atoms with Crippen molar-refractivity contribution < 1.29 is 17.5 Å². The Kier molecular flexibility index (Phi) is 4.29. The minimum Gasteiger partial charge on any atom is -0.486 e. The van der Waals surface area contributed by atoms with Crippen LogP contribution in [-0.2, 0) is 30.1 Å². The number of hydrogen-bond donors (Lipinski definition) is 1. The standard InChI is InChI=1S/C13H16FN3O3S/c1-3-10-7-11(17(2)16-10)8-20-12-5-4-9(14)6-13(12)21(15,18)19/h4-7H,3,8H2,1-2H3,(H2,15,18,19). The van der Waals surface area contributed by atoms with Crippen LogP contribution >= 0.6 is 0 Å². The summed E-state index contributed by atoms with van der Waals surface area (Å²) in [6.07, 6.45) is 0.785. The molecule has 0 saturated carbocycles. The second-order valence-electron chi connectivity index (χ2n) is 4.53. The molecule has 21 heavy (non-hydrogen) atoms. The molecule has 1 aromatic heterocycles. The molecular weight excluding hydrogens is 297 g/mol. The van der Waals surface area contributed by atoms with Crippen molar-refractivity contribution in [3.8, 4) is 5.75 Å². The first-order valence-corrected chi connectivity index (χ1v) is 7.83. The van der Waals surface area contributed by atoms with Crippen molar-refractivity contribution in [2.24, 2.45) is 12.2 Å². The molecule has 0 bridgehead atoms. The molecule has 8 heteroatoms. The van der Waals surface area contributed by atoms with Gasteiger partial charge in [-0.15, -0.1) is 0 Å². The quantitative estimate of drug-likeness (QED) is 0.902. The van der Waals surface area contributed by atoms with Crippen molar-refractivity contribution in [2.75, 3.05) is 0 Å². The van der Waals surface area contributed by atoms with Gasteiger partial charge in [0.25, 0.3) is 0 Å². The Balaban J connectivity index is 2.26. The maximum Gasteiger partial charge on any atom is 0.241 e. The Bertz CT molecular complexity index is 756. The molecule has 0 saturated heterocycles. The van der Waals surface area contributed by atoms with E-state index in [1.54, 1.807) is 11.7 Å². The SMILES string of the molecule is CCc1cc(COc2ccc(F)cc2S(N)(=O)=O)n(C)n1. The van der Waals surface area contributed by atoms with Crippen LogP contribution in [0.2, 0.25) is 0 Å². The highest BCUT2D eigenvalue weighted by Gasteiger charge is 2.17. The van der Waals surface area contributed by atoms with Gasteiger partial charge in [-0.2, -0.15) is 5.10 Å². The zero-order valence-corrected chi connectivity index (χ0v) is 12.5. The Morgan fingerprint density at radius 3 is 2.67 bits per heavy atom. The van der Waals surface area contributed by atoms with E-state index in [2.05, 4.69) is 5.10 Å². The monoisotopic (exact) mass is 313 g/mol. The smallest absolute Gasteiger partial charge is 0.241 e. The zero-order chi connectivity index (χ0) is 15.6. The van der Waals surface area contributed by atoms with E-state index in [-0.39, 0.29) is 17.3 Å². The number of ether oxygens (including phenoxy) is 1. The molecule has 2 rings (SSSR count). The highest BCUT2D eigenvalue weighted by molar-refractivity contribution is 7.89. The molecule has 2 N–H and O–H groups in total. The molecular formula is C13H16FN3O3S. The molecule has 2 aromatic rings. The third kappa shape index (κ3) is 3.59. The summed E-state index contributed by atoms with van der Waals surface area (Å²) in [4.78, 5) is -0.375. The maximum atomic E-state index is 13.2. The highest BCUT2D eigenvalue weighted by Crippen LogP contribution is 2.24. The van der Waals surface area contributed by atoms with Gasteiger partial charge in [-0.3, -0.25) is 4.68 Å². The Hall–Kier alpha value is -1.93. The molecule has 114 valence electrons. The molecule has 0 aliphatic rings. The summed E-state index contributed by atoms with van der Waals surface area (Å²) in [5.74, 6) is -0.682. The van der Waals surface area contributed by atoms with Gasteiger partial charge >= 0.3 is 0 Å². The van der Waals surface area contributed by atoms with Gasteiger partial charge in [-0.1, -0.05) is 6.92 Å². The average molecular weight is 313 g/mol. The third-order valence-corrected chi connectivity index (χ3v) is 3.91. The van der Waals surface area contributed by atoms with Crippen LogP contribution in [0.1, 0.15) is 18.3 Å². The Morgan fingerprint density at radius 1 is 1.38 bits per heavy atom. The van der Waals surface area contributed by atoms with E-state index in [1.165, 1.54) is 6.07 Å². The van der Waals surface area contributed by atoms with Gasteiger partial charge in [0.1, 0.15) is 23.1 Å². The van der Waals surface area contributed by atoms with Crippen LogP contribution in [-0.4, -0.2) is 18.2 Å². The van der Waals surface area contributed by atoms with Crippen molar-refractivity contribution in [3.63, 3.8) is 0 Å². The molecule has 0 radical (unpaired) electrons. The van der Waals surface area contributed by atoms with Crippen molar-refractivity contribution in [1.82, 2.24) is 9.78 Å². The van der Waals surface area contributed by atoms with Crippen LogP contribution in [0.15, 0.2) is 29.2 Å². The topological polar surface area (TPSA) is 87.2 Å². The minimum absolute atomic E-state index is 0.0122.